The molecule has 6 heteroatoms. The van der Waals surface area contributed by atoms with Crippen LogP contribution in [-0.4, -0.2) is 21.8 Å². The van der Waals surface area contributed by atoms with E-state index in [1.54, 1.807) is 32.5 Å². The van der Waals surface area contributed by atoms with Crippen molar-refractivity contribution in [1.82, 2.24) is 9.36 Å². The van der Waals surface area contributed by atoms with E-state index in [2.05, 4.69) is 5.32 Å². The first-order valence-electron chi connectivity index (χ1n) is 7.15. The minimum atomic E-state index is -0.730. The van der Waals surface area contributed by atoms with Gasteiger partial charge in [-0.3, -0.25) is 14.3 Å². The lowest BCUT2D eigenvalue weighted by Crippen LogP contribution is -2.38. The van der Waals surface area contributed by atoms with E-state index in [-0.39, 0.29) is 23.7 Å². The number of benzene rings is 1. The Morgan fingerprint density at radius 3 is 2.41 bits per heavy atom. The molecule has 0 radical (unpaired) electrons. The molecule has 0 aliphatic carbocycles. The lowest BCUT2D eigenvalue weighted by molar-refractivity contribution is -0.123. The molecule has 3 N–H and O–H groups in total. The number of carbonyl (C=O) groups is 1. The number of nitrogens with two attached hydrogens (primary N) is 1. The number of nitrogens with zero attached hydrogens (tertiary/aromatic N) is 2. The van der Waals surface area contributed by atoms with Crippen molar-refractivity contribution in [3.05, 3.63) is 46.4 Å². The molecule has 0 spiro atoms. The zero-order valence-electron chi connectivity index (χ0n) is 13.4. The van der Waals surface area contributed by atoms with Gasteiger partial charge in [0.1, 0.15) is 5.69 Å². The maximum atomic E-state index is 12.7. The molecule has 1 aromatic heterocycles. The molecule has 2 aromatic rings. The van der Waals surface area contributed by atoms with Gasteiger partial charge in [-0.25, -0.2) is 4.68 Å². The zero-order valence-corrected chi connectivity index (χ0v) is 13.4. The van der Waals surface area contributed by atoms with E-state index in [1.165, 1.54) is 4.68 Å². The molecule has 1 aromatic carbocycles. The maximum absolute atomic E-state index is 12.7. The number of hydrogen-bond acceptors (Lipinski definition) is 3. The van der Waals surface area contributed by atoms with Gasteiger partial charge in [-0.15, -0.1) is 0 Å². The molecule has 0 aliphatic heterocycles. The van der Waals surface area contributed by atoms with Gasteiger partial charge in [-0.05, 0) is 32.9 Å². The molecule has 0 fully saturated rings. The zero-order chi connectivity index (χ0) is 16.5. The van der Waals surface area contributed by atoms with Gasteiger partial charge in [0.15, 0.2) is 0 Å². The topological polar surface area (TPSA) is 82.1 Å². The Kier molecular flexibility index (Phi) is 4.23. The van der Waals surface area contributed by atoms with Crippen LogP contribution in [0.4, 0.5) is 5.69 Å². The predicted octanol–water partition coefficient (Wildman–Crippen LogP) is 1.41. The van der Waals surface area contributed by atoms with E-state index in [4.69, 9.17) is 5.73 Å². The normalized spacial score (nSPS) is 11.5. The molecular weight excluding hydrogens is 280 g/mol. The monoisotopic (exact) mass is 302 g/mol. The van der Waals surface area contributed by atoms with E-state index < -0.39 is 5.41 Å². The Balaban J connectivity index is 2.48. The van der Waals surface area contributed by atoms with E-state index in [9.17, 15) is 9.59 Å². The van der Waals surface area contributed by atoms with Gasteiger partial charge in [0, 0.05) is 13.6 Å². The van der Waals surface area contributed by atoms with Crippen molar-refractivity contribution in [3.8, 4) is 5.69 Å². The van der Waals surface area contributed by atoms with Crippen molar-refractivity contribution >= 4 is 11.6 Å². The fourth-order valence-electron chi connectivity index (χ4n) is 2.09. The number of hydrogen-bond donors (Lipinski definition) is 2. The van der Waals surface area contributed by atoms with E-state index >= 15 is 0 Å². The third kappa shape index (κ3) is 2.69. The number of anilines is 1. The predicted molar refractivity (Wildman–Crippen MR) is 87.2 cm³/mol. The Morgan fingerprint density at radius 2 is 1.86 bits per heavy atom. The highest BCUT2D eigenvalue weighted by Crippen LogP contribution is 2.19. The van der Waals surface area contributed by atoms with Gasteiger partial charge >= 0.3 is 0 Å². The fraction of sp³-hybridized carbons (Fsp3) is 0.375. The van der Waals surface area contributed by atoms with Crippen LogP contribution >= 0.6 is 0 Å². The van der Waals surface area contributed by atoms with Gasteiger partial charge < -0.3 is 11.1 Å². The first kappa shape index (κ1) is 16.0. The molecule has 118 valence electrons. The van der Waals surface area contributed by atoms with Gasteiger partial charge in [-0.2, -0.15) is 0 Å². The molecule has 1 heterocycles. The quantitative estimate of drug-likeness (QED) is 0.896. The average molecular weight is 302 g/mol. The minimum absolute atomic E-state index is 0.206. The van der Waals surface area contributed by atoms with Crippen LogP contribution in [0.25, 0.3) is 5.69 Å². The summed E-state index contributed by atoms with van der Waals surface area (Å²) in [5, 5.41) is 2.73. The van der Waals surface area contributed by atoms with Crippen molar-refractivity contribution in [2.24, 2.45) is 18.2 Å². The lowest BCUT2D eigenvalue weighted by atomic mass is 9.92. The Bertz CT molecular complexity index is 741. The molecule has 1 amide bonds. The molecule has 22 heavy (non-hydrogen) atoms. The largest absolute Gasteiger partial charge is 0.329 e. The Labute approximate surface area is 129 Å². The second-order valence-electron chi connectivity index (χ2n) is 5.98. The summed E-state index contributed by atoms with van der Waals surface area (Å²) in [6, 6.07) is 9.29. The van der Waals surface area contributed by atoms with Gasteiger partial charge in [0.25, 0.3) is 5.56 Å². The number of rotatable bonds is 4. The summed E-state index contributed by atoms with van der Waals surface area (Å²) in [4.78, 5) is 24.9. The number of amides is 1. The van der Waals surface area contributed by atoms with Crippen LogP contribution in [0.2, 0.25) is 0 Å². The van der Waals surface area contributed by atoms with Crippen molar-refractivity contribution < 1.29 is 4.79 Å². The minimum Gasteiger partial charge on any atom is -0.329 e. The van der Waals surface area contributed by atoms with Crippen LogP contribution in [-0.2, 0) is 11.8 Å². The summed E-state index contributed by atoms with van der Waals surface area (Å²) >= 11 is 0. The number of para-hydroxylation sites is 1. The summed E-state index contributed by atoms with van der Waals surface area (Å²) in [6.45, 7) is 5.50. The first-order chi connectivity index (χ1) is 10.3. The third-order valence-electron chi connectivity index (χ3n) is 3.92. The SMILES string of the molecule is Cc1c(NC(=O)C(C)(C)CN)c(=O)n(-c2ccccc2)n1C. The highest BCUT2D eigenvalue weighted by Gasteiger charge is 2.28. The number of carbonyl (C=O) groups excluding carboxylic acids is 1. The van der Waals surface area contributed by atoms with E-state index in [0.717, 1.165) is 5.69 Å². The molecule has 0 unspecified atom stereocenters. The Morgan fingerprint density at radius 1 is 1.27 bits per heavy atom. The van der Waals surface area contributed by atoms with Crippen molar-refractivity contribution in [2.45, 2.75) is 20.8 Å². The van der Waals surface area contributed by atoms with Gasteiger partial charge in [0.2, 0.25) is 5.91 Å². The molecule has 2 rings (SSSR count). The molecule has 0 bridgehead atoms. The van der Waals surface area contributed by atoms with E-state index in [1.807, 2.05) is 30.3 Å². The summed E-state index contributed by atoms with van der Waals surface area (Å²) < 4.78 is 3.25. The summed E-state index contributed by atoms with van der Waals surface area (Å²) in [5.41, 5.74) is 6.35. The van der Waals surface area contributed by atoms with Crippen molar-refractivity contribution in [3.63, 3.8) is 0 Å². The second-order valence-corrected chi connectivity index (χ2v) is 5.98. The molecule has 6 nitrogen and oxygen atoms in total. The molecule has 0 saturated carbocycles. The van der Waals surface area contributed by atoms with Gasteiger partial charge in [0.05, 0.1) is 16.8 Å². The standard InChI is InChI=1S/C16H22N4O2/c1-11-13(18-15(22)16(2,3)10-17)14(21)20(19(11)4)12-8-6-5-7-9-12/h5-9H,10,17H2,1-4H3,(H,18,22). The maximum Gasteiger partial charge on any atom is 0.295 e. The summed E-state index contributed by atoms with van der Waals surface area (Å²) in [5.74, 6) is -0.263. The van der Waals surface area contributed by atoms with Crippen molar-refractivity contribution in [2.75, 3.05) is 11.9 Å². The third-order valence-corrected chi connectivity index (χ3v) is 3.92. The van der Waals surface area contributed by atoms with Crippen LogP contribution in [0.3, 0.4) is 0 Å². The summed E-state index contributed by atoms with van der Waals surface area (Å²) in [7, 11) is 1.79. The molecule has 0 atom stereocenters. The molecule has 0 saturated heterocycles. The van der Waals surface area contributed by atoms with Gasteiger partial charge in [-0.1, -0.05) is 18.2 Å². The van der Waals surface area contributed by atoms with Crippen LogP contribution in [0.5, 0.6) is 0 Å². The smallest absolute Gasteiger partial charge is 0.295 e. The average Bonchev–Trinajstić information content (AvgIpc) is 2.71. The second kappa shape index (κ2) is 5.81. The highest BCUT2D eigenvalue weighted by molar-refractivity contribution is 5.95. The molecular formula is C16H22N4O2. The van der Waals surface area contributed by atoms with Crippen LogP contribution in [0.15, 0.2) is 35.1 Å². The van der Waals surface area contributed by atoms with Crippen molar-refractivity contribution in [1.29, 1.82) is 0 Å². The lowest BCUT2D eigenvalue weighted by Gasteiger charge is -2.20. The number of nitrogens with one attached hydrogen (secondary N) is 1. The number of aromatic nitrogens is 2. The Hall–Kier alpha value is -2.34. The van der Waals surface area contributed by atoms with Crippen LogP contribution in [0.1, 0.15) is 19.5 Å². The first-order valence-corrected chi connectivity index (χ1v) is 7.15. The highest BCUT2D eigenvalue weighted by atomic mass is 16.2. The fourth-order valence-corrected chi connectivity index (χ4v) is 2.09. The van der Waals surface area contributed by atoms with Crippen LogP contribution < -0.4 is 16.6 Å². The van der Waals surface area contributed by atoms with Crippen LogP contribution in [0, 0.1) is 12.3 Å². The van der Waals surface area contributed by atoms with E-state index in [0.29, 0.717) is 5.69 Å². The summed E-state index contributed by atoms with van der Waals surface area (Å²) in [6.07, 6.45) is 0. The molecule has 0 aliphatic rings.